The fraction of sp³-hybridized carbons (Fsp3) is 0.350. The first-order chi connectivity index (χ1) is 12.5. The van der Waals surface area contributed by atoms with Gasteiger partial charge >= 0.3 is 0 Å². The molecule has 0 N–H and O–H groups in total. The van der Waals surface area contributed by atoms with Gasteiger partial charge in [0.1, 0.15) is 17.0 Å². The molecule has 0 radical (unpaired) electrons. The molecule has 2 aromatic heterocycles. The van der Waals surface area contributed by atoms with Gasteiger partial charge in [0.05, 0.1) is 5.39 Å². The van der Waals surface area contributed by atoms with Gasteiger partial charge < -0.3 is 9.80 Å². The fourth-order valence-corrected chi connectivity index (χ4v) is 4.48. The third-order valence-corrected chi connectivity index (χ3v) is 6.28. The zero-order chi connectivity index (χ0) is 18.3. The number of carbonyl (C=O) groups excluding carboxylic acids is 1. The van der Waals surface area contributed by atoms with Crippen LogP contribution in [0, 0.1) is 13.8 Å². The Labute approximate surface area is 157 Å². The van der Waals surface area contributed by atoms with Crippen LogP contribution in [0.3, 0.4) is 0 Å². The number of aromatic nitrogens is 2. The molecular formula is C20H22N4OS. The van der Waals surface area contributed by atoms with E-state index in [-0.39, 0.29) is 5.78 Å². The van der Waals surface area contributed by atoms with Crippen molar-refractivity contribution in [3.63, 3.8) is 0 Å². The van der Waals surface area contributed by atoms with Crippen LogP contribution in [0.15, 0.2) is 30.6 Å². The van der Waals surface area contributed by atoms with Gasteiger partial charge in [0, 0.05) is 42.3 Å². The van der Waals surface area contributed by atoms with Crippen molar-refractivity contribution in [2.24, 2.45) is 0 Å². The summed E-state index contributed by atoms with van der Waals surface area (Å²) in [4.78, 5) is 27.6. The standard InChI is InChI=1S/C20H22N4OS/c1-13-15(3)26-20-18(13)19(21-12-22-20)24-10-8-23(9-11-24)17-6-4-16(5-7-17)14(2)25/h4-7,12H,8-11H2,1-3H3. The first-order valence-electron chi connectivity index (χ1n) is 8.86. The molecule has 26 heavy (non-hydrogen) atoms. The van der Waals surface area contributed by atoms with Crippen molar-refractivity contribution < 1.29 is 4.79 Å². The molecule has 1 aromatic carbocycles. The van der Waals surface area contributed by atoms with Gasteiger partial charge in [0.2, 0.25) is 0 Å². The Morgan fingerprint density at radius 3 is 2.31 bits per heavy atom. The molecule has 3 heterocycles. The average Bonchev–Trinajstić information content (AvgIpc) is 2.96. The van der Waals surface area contributed by atoms with Gasteiger partial charge in [-0.25, -0.2) is 9.97 Å². The lowest BCUT2D eigenvalue weighted by molar-refractivity contribution is 0.101. The van der Waals surface area contributed by atoms with Crippen molar-refractivity contribution in [1.82, 2.24) is 9.97 Å². The molecule has 0 spiro atoms. The summed E-state index contributed by atoms with van der Waals surface area (Å²) < 4.78 is 0. The van der Waals surface area contributed by atoms with Gasteiger partial charge in [-0.2, -0.15) is 0 Å². The molecule has 6 heteroatoms. The van der Waals surface area contributed by atoms with Crippen LogP contribution in [0.25, 0.3) is 10.2 Å². The van der Waals surface area contributed by atoms with Crippen molar-refractivity contribution in [3.05, 3.63) is 46.6 Å². The number of piperazine rings is 1. The first-order valence-corrected chi connectivity index (χ1v) is 9.68. The van der Waals surface area contributed by atoms with E-state index in [1.54, 1.807) is 24.6 Å². The van der Waals surface area contributed by atoms with E-state index < -0.39 is 0 Å². The summed E-state index contributed by atoms with van der Waals surface area (Å²) in [5.41, 5.74) is 3.23. The second-order valence-electron chi connectivity index (χ2n) is 6.74. The summed E-state index contributed by atoms with van der Waals surface area (Å²) >= 11 is 1.74. The summed E-state index contributed by atoms with van der Waals surface area (Å²) in [5.74, 6) is 1.17. The van der Waals surface area contributed by atoms with Crippen LogP contribution >= 0.6 is 11.3 Å². The second kappa shape index (κ2) is 6.68. The number of hydrogen-bond acceptors (Lipinski definition) is 6. The Bertz CT molecular complexity index is 956. The minimum Gasteiger partial charge on any atom is -0.368 e. The van der Waals surface area contributed by atoms with E-state index in [0.29, 0.717) is 0 Å². The van der Waals surface area contributed by atoms with E-state index in [1.807, 2.05) is 24.3 Å². The molecule has 134 valence electrons. The topological polar surface area (TPSA) is 49.3 Å². The highest BCUT2D eigenvalue weighted by molar-refractivity contribution is 7.18. The molecular weight excluding hydrogens is 344 g/mol. The van der Waals surface area contributed by atoms with Gasteiger partial charge in [-0.1, -0.05) is 0 Å². The van der Waals surface area contributed by atoms with Crippen LogP contribution in [-0.2, 0) is 0 Å². The molecule has 0 aliphatic carbocycles. The van der Waals surface area contributed by atoms with Crippen molar-refractivity contribution in [2.45, 2.75) is 20.8 Å². The summed E-state index contributed by atoms with van der Waals surface area (Å²) in [6, 6.07) is 7.91. The number of Topliss-reactive ketones (excluding diaryl/α,β-unsaturated/α-hetero) is 1. The summed E-state index contributed by atoms with van der Waals surface area (Å²) in [6.45, 7) is 9.64. The number of carbonyl (C=O) groups is 1. The molecule has 1 aliphatic heterocycles. The Morgan fingerprint density at radius 1 is 1.00 bits per heavy atom. The van der Waals surface area contributed by atoms with Crippen molar-refractivity contribution in [1.29, 1.82) is 0 Å². The highest BCUT2D eigenvalue weighted by atomic mass is 32.1. The van der Waals surface area contributed by atoms with Gasteiger partial charge in [-0.05, 0) is 50.6 Å². The molecule has 1 fully saturated rings. The van der Waals surface area contributed by atoms with Crippen LogP contribution in [0.2, 0.25) is 0 Å². The number of fused-ring (bicyclic) bond motifs is 1. The quantitative estimate of drug-likeness (QED) is 0.659. The van der Waals surface area contributed by atoms with Crippen molar-refractivity contribution in [3.8, 4) is 0 Å². The molecule has 3 aromatic rings. The number of nitrogens with zero attached hydrogens (tertiary/aromatic N) is 4. The first kappa shape index (κ1) is 17.0. The van der Waals surface area contributed by atoms with E-state index in [0.717, 1.165) is 42.4 Å². The summed E-state index contributed by atoms with van der Waals surface area (Å²) in [7, 11) is 0. The van der Waals surface area contributed by atoms with E-state index >= 15 is 0 Å². The van der Waals surface area contributed by atoms with E-state index in [4.69, 9.17) is 0 Å². The maximum Gasteiger partial charge on any atom is 0.159 e. The molecule has 0 unspecified atom stereocenters. The Morgan fingerprint density at radius 2 is 1.65 bits per heavy atom. The molecule has 0 saturated carbocycles. The number of aryl methyl sites for hydroxylation is 2. The van der Waals surface area contributed by atoms with E-state index in [2.05, 4.69) is 33.6 Å². The van der Waals surface area contributed by atoms with Gasteiger partial charge in [-0.3, -0.25) is 4.79 Å². The zero-order valence-electron chi connectivity index (χ0n) is 15.3. The number of thiophene rings is 1. The average molecular weight is 366 g/mol. The maximum atomic E-state index is 11.4. The van der Waals surface area contributed by atoms with Crippen LogP contribution in [0.5, 0.6) is 0 Å². The van der Waals surface area contributed by atoms with E-state index in [1.165, 1.54) is 21.5 Å². The SMILES string of the molecule is CC(=O)c1ccc(N2CCN(c3ncnc4sc(C)c(C)c34)CC2)cc1. The third-order valence-electron chi connectivity index (χ3n) is 5.16. The largest absolute Gasteiger partial charge is 0.368 e. The van der Waals surface area contributed by atoms with Gasteiger partial charge in [0.25, 0.3) is 0 Å². The minimum atomic E-state index is 0.107. The highest BCUT2D eigenvalue weighted by Crippen LogP contribution is 2.34. The lowest BCUT2D eigenvalue weighted by atomic mass is 10.1. The Hall–Kier alpha value is -2.47. The van der Waals surface area contributed by atoms with Crippen molar-refractivity contribution >= 4 is 38.8 Å². The number of anilines is 2. The minimum absolute atomic E-state index is 0.107. The number of rotatable bonds is 3. The van der Waals surface area contributed by atoms with Crippen LogP contribution in [0.4, 0.5) is 11.5 Å². The van der Waals surface area contributed by atoms with Gasteiger partial charge in [-0.15, -0.1) is 11.3 Å². The number of hydrogen-bond donors (Lipinski definition) is 0. The molecule has 0 bridgehead atoms. The smallest absolute Gasteiger partial charge is 0.159 e. The lowest BCUT2D eigenvalue weighted by Gasteiger charge is -2.37. The van der Waals surface area contributed by atoms with Crippen LogP contribution < -0.4 is 9.80 Å². The van der Waals surface area contributed by atoms with Gasteiger partial charge in [0.15, 0.2) is 5.78 Å². The Kier molecular flexibility index (Phi) is 4.36. The fourth-order valence-electron chi connectivity index (χ4n) is 3.49. The zero-order valence-corrected chi connectivity index (χ0v) is 16.1. The van der Waals surface area contributed by atoms with Crippen LogP contribution in [-0.4, -0.2) is 41.9 Å². The van der Waals surface area contributed by atoms with Crippen LogP contribution in [0.1, 0.15) is 27.7 Å². The second-order valence-corrected chi connectivity index (χ2v) is 7.94. The maximum absolute atomic E-state index is 11.4. The molecule has 0 amide bonds. The predicted molar refractivity (Wildman–Crippen MR) is 108 cm³/mol. The third kappa shape index (κ3) is 2.94. The highest BCUT2D eigenvalue weighted by Gasteiger charge is 2.22. The number of ketones is 1. The normalized spacial score (nSPS) is 14.9. The molecule has 0 atom stereocenters. The van der Waals surface area contributed by atoms with E-state index in [9.17, 15) is 4.79 Å². The predicted octanol–water partition coefficient (Wildman–Crippen LogP) is 3.84. The summed E-state index contributed by atoms with van der Waals surface area (Å²) in [5, 5.41) is 1.20. The Balaban J connectivity index is 1.53. The van der Waals surface area contributed by atoms with Crippen molar-refractivity contribution in [2.75, 3.05) is 36.0 Å². The molecule has 1 saturated heterocycles. The molecule has 4 rings (SSSR count). The molecule has 5 nitrogen and oxygen atoms in total. The monoisotopic (exact) mass is 366 g/mol. The lowest BCUT2D eigenvalue weighted by Crippen LogP contribution is -2.46. The number of benzene rings is 1. The summed E-state index contributed by atoms with van der Waals surface area (Å²) in [6.07, 6.45) is 1.68. The molecule has 1 aliphatic rings.